The average Bonchev–Trinajstić information content (AvgIpc) is 2.88. The largest absolute Gasteiger partial charge is 0.399 e. The van der Waals surface area contributed by atoms with Crippen molar-refractivity contribution in [2.24, 2.45) is 0 Å². The number of aromatic nitrogens is 4. The Balaban J connectivity index is 2.02. The highest BCUT2D eigenvalue weighted by atomic mass is 35.5. The molecule has 0 saturated carbocycles. The summed E-state index contributed by atoms with van der Waals surface area (Å²) < 4.78 is 15.0. The number of nitrogen functional groups attached to an aromatic ring is 1. The van der Waals surface area contributed by atoms with Crippen molar-refractivity contribution >= 4 is 17.3 Å². The summed E-state index contributed by atoms with van der Waals surface area (Å²) in [7, 11) is 0. The van der Waals surface area contributed by atoms with E-state index < -0.39 is 5.82 Å². The highest BCUT2D eigenvalue weighted by Gasteiger charge is 2.11. The standard InChI is InChI=1S/C13H9ClFN5/c14-9-5-11(15)13(17-6-9)20-7-18-12(19-20)8-2-1-3-10(16)4-8/h1-7H,16H2. The number of hydrogen-bond acceptors (Lipinski definition) is 4. The van der Waals surface area contributed by atoms with Gasteiger partial charge in [0, 0.05) is 17.4 Å². The summed E-state index contributed by atoms with van der Waals surface area (Å²) in [4.78, 5) is 8.03. The monoisotopic (exact) mass is 289 g/mol. The van der Waals surface area contributed by atoms with Gasteiger partial charge in [0.1, 0.15) is 6.33 Å². The summed E-state index contributed by atoms with van der Waals surface area (Å²) in [5.74, 6) is -0.0907. The molecule has 1 aromatic carbocycles. The minimum absolute atomic E-state index is 0.0389. The number of nitrogens with two attached hydrogens (primary N) is 1. The van der Waals surface area contributed by atoms with E-state index in [0.717, 1.165) is 5.56 Å². The predicted octanol–water partition coefficient (Wildman–Crippen LogP) is 2.70. The van der Waals surface area contributed by atoms with Crippen LogP contribution >= 0.6 is 11.6 Å². The van der Waals surface area contributed by atoms with Crippen LogP contribution in [0.25, 0.3) is 17.2 Å². The number of rotatable bonds is 2. The Hall–Kier alpha value is -2.47. The number of halogens is 2. The Bertz CT molecular complexity index is 771. The summed E-state index contributed by atoms with van der Waals surface area (Å²) in [6, 6.07) is 8.30. The normalized spacial score (nSPS) is 10.7. The first-order valence-electron chi connectivity index (χ1n) is 5.72. The molecule has 0 unspecified atom stereocenters. The Morgan fingerprint density at radius 3 is 2.80 bits per heavy atom. The second-order valence-corrected chi connectivity index (χ2v) is 4.53. The van der Waals surface area contributed by atoms with Crippen LogP contribution in [-0.2, 0) is 0 Å². The Morgan fingerprint density at radius 2 is 2.05 bits per heavy atom. The lowest BCUT2D eigenvalue weighted by molar-refractivity contribution is 0.600. The van der Waals surface area contributed by atoms with Crippen LogP contribution in [0, 0.1) is 5.82 Å². The molecule has 100 valence electrons. The molecule has 5 nitrogen and oxygen atoms in total. The van der Waals surface area contributed by atoms with Crippen molar-refractivity contribution in [1.29, 1.82) is 0 Å². The number of pyridine rings is 1. The van der Waals surface area contributed by atoms with Crippen LogP contribution in [0.1, 0.15) is 0 Å². The minimum Gasteiger partial charge on any atom is -0.399 e. The third-order valence-corrected chi connectivity index (χ3v) is 2.85. The van der Waals surface area contributed by atoms with E-state index in [0.29, 0.717) is 11.5 Å². The van der Waals surface area contributed by atoms with Crippen molar-refractivity contribution in [1.82, 2.24) is 19.7 Å². The van der Waals surface area contributed by atoms with Gasteiger partial charge in [-0.2, -0.15) is 4.68 Å². The highest BCUT2D eigenvalue weighted by Crippen LogP contribution is 2.19. The summed E-state index contributed by atoms with van der Waals surface area (Å²) in [5.41, 5.74) is 7.06. The van der Waals surface area contributed by atoms with Gasteiger partial charge in [-0.1, -0.05) is 23.7 Å². The zero-order valence-electron chi connectivity index (χ0n) is 10.2. The third-order valence-electron chi connectivity index (χ3n) is 2.64. The maximum absolute atomic E-state index is 13.8. The van der Waals surface area contributed by atoms with Gasteiger partial charge in [0.25, 0.3) is 0 Å². The molecular formula is C13H9ClFN5. The van der Waals surface area contributed by atoms with Crippen LogP contribution in [0.2, 0.25) is 5.02 Å². The van der Waals surface area contributed by atoms with Crippen molar-refractivity contribution < 1.29 is 4.39 Å². The quantitative estimate of drug-likeness (QED) is 0.736. The molecule has 2 N–H and O–H groups in total. The number of anilines is 1. The van der Waals surface area contributed by atoms with E-state index in [-0.39, 0.29) is 10.8 Å². The lowest BCUT2D eigenvalue weighted by Gasteiger charge is -2.01. The first-order chi connectivity index (χ1) is 9.63. The third kappa shape index (κ3) is 2.33. The molecule has 0 saturated heterocycles. The van der Waals surface area contributed by atoms with Gasteiger partial charge >= 0.3 is 0 Å². The molecule has 7 heteroatoms. The van der Waals surface area contributed by atoms with Crippen LogP contribution in [0.3, 0.4) is 0 Å². The maximum atomic E-state index is 13.8. The topological polar surface area (TPSA) is 69.6 Å². The van der Waals surface area contributed by atoms with Crippen LogP contribution in [-0.4, -0.2) is 19.7 Å². The molecule has 0 amide bonds. The summed E-state index contributed by atoms with van der Waals surface area (Å²) in [6.45, 7) is 0. The Kier molecular flexibility index (Phi) is 3.08. The SMILES string of the molecule is Nc1cccc(-c2ncn(-c3ncc(Cl)cc3F)n2)c1. The van der Waals surface area contributed by atoms with E-state index in [4.69, 9.17) is 17.3 Å². The number of benzene rings is 1. The van der Waals surface area contributed by atoms with Crippen LogP contribution in [0.4, 0.5) is 10.1 Å². The Morgan fingerprint density at radius 1 is 1.20 bits per heavy atom. The van der Waals surface area contributed by atoms with Gasteiger partial charge in [0.2, 0.25) is 0 Å². The van der Waals surface area contributed by atoms with Gasteiger partial charge in [-0.25, -0.2) is 14.4 Å². The minimum atomic E-state index is -0.568. The van der Waals surface area contributed by atoms with Crippen molar-refractivity contribution in [3.05, 3.63) is 53.7 Å². The fourth-order valence-corrected chi connectivity index (χ4v) is 1.90. The molecule has 0 bridgehead atoms. The van der Waals surface area contributed by atoms with Crippen molar-refractivity contribution in [3.8, 4) is 17.2 Å². The van der Waals surface area contributed by atoms with E-state index in [1.165, 1.54) is 23.3 Å². The smallest absolute Gasteiger partial charge is 0.191 e. The fraction of sp³-hybridized carbons (Fsp3) is 0. The van der Waals surface area contributed by atoms with Crippen molar-refractivity contribution in [3.63, 3.8) is 0 Å². The highest BCUT2D eigenvalue weighted by molar-refractivity contribution is 6.30. The molecule has 2 heterocycles. The molecule has 2 aromatic heterocycles. The molecule has 0 aliphatic carbocycles. The molecule has 0 atom stereocenters. The van der Waals surface area contributed by atoms with Gasteiger partial charge in [-0.3, -0.25) is 0 Å². The molecule has 0 aliphatic heterocycles. The van der Waals surface area contributed by atoms with Crippen LogP contribution in [0.5, 0.6) is 0 Å². The van der Waals surface area contributed by atoms with E-state index in [2.05, 4.69) is 15.1 Å². The molecule has 0 spiro atoms. The predicted molar refractivity (Wildman–Crippen MR) is 74.0 cm³/mol. The van der Waals surface area contributed by atoms with Gasteiger partial charge in [0.05, 0.1) is 5.02 Å². The summed E-state index contributed by atoms with van der Waals surface area (Å²) >= 11 is 5.66. The van der Waals surface area contributed by atoms with E-state index in [1.54, 1.807) is 18.2 Å². The van der Waals surface area contributed by atoms with E-state index >= 15 is 0 Å². The van der Waals surface area contributed by atoms with Gasteiger partial charge in [-0.15, -0.1) is 5.10 Å². The number of hydrogen-bond donors (Lipinski definition) is 1. The van der Waals surface area contributed by atoms with Crippen molar-refractivity contribution in [2.75, 3.05) is 5.73 Å². The Labute approximate surface area is 118 Å². The van der Waals surface area contributed by atoms with Gasteiger partial charge in [-0.05, 0) is 18.2 Å². The molecule has 3 aromatic rings. The summed E-state index contributed by atoms with van der Waals surface area (Å²) in [5, 5.41) is 4.41. The zero-order chi connectivity index (χ0) is 14.1. The molecule has 0 fully saturated rings. The fourth-order valence-electron chi connectivity index (χ4n) is 1.75. The number of nitrogens with zero attached hydrogens (tertiary/aromatic N) is 4. The molecular weight excluding hydrogens is 281 g/mol. The van der Waals surface area contributed by atoms with E-state index in [9.17, 15) is 4.39 Å². The molecule has 3 rings (SSSR count). The van der Waals surface area contributed by atoms with Gasteiger partial charge < -0.3 is 5.73 Å². The van der Waals surface area contributed by atoms with Gasteiger partial charge in [0.15, 0.2) is 17.5 Å². The first kappa shape index (κ1) is 12.6. The first-order valence-corrected chi connectivity index (χ1v) is 6.10. The summed E-state index contributed by atoms with van der Waals surface area (Å²) in [6.07, 6.45) is 2.74. The lowest BCUT2D eigenvalue weighted by Crippen LogP contribution is -2.01. The lowest BCUT2D eigenvalue weighted by atomic mass is 10.2. The molecule has 0 aliphatic rings. The maximum Gasteiger partial charge on any atom is 0.191 e. The van der Waals surface area contributed by atoms with Crippen LogP contribution < -0.4 is 5.73 Å². The van der Waals surface area contributed by atoms with Crippen molar-refractivity contribution in [2.45, 2.75) is 0 Å². The molecule has 20 heavy (non-hydrogen) atoms. The van der Waals surface area contributed by atoms with Crippen LogP contribution in [0.15, 0.2) is 42.9 Å². The second kappa shape index (κ2) is 4.90. The van der Waals surface area contributed by atoms with E-state index in [1.807, 2.05) is 6.07 Å². The molecule has 0 radical (unpaired) electrons. The second-order valence-electron chi connectivity index (χ2n) is 4.10. The average molecular weight is 290 g/mol. The zero-order valence-corrected chi connectivity index (χ0v) is 10.9.